The van der Waals surface area contributed by atoms with Crippen LogP contribution >= 0.6 is 0 Å². The lowest BCUT2D eigenvalue weighted by molar-refractivity contribution is 0.101. The zero-order chi connectivity index (χ0) is 13.0. The molecule has 0 N–H and O–H groups in total. The lowest BCUT2D eigenvalue weighted by Crippen LogP contribution is -2.05. The van der Waals surface area contributed by atoms with E-state index in [-0.39, 0.29) is 5.78 Å². The Bertz CT molecular complexity index is 389. The fraction of sp³-hybridized carbons (Fsp3) is 0.562. The first-order chi connectivity index (χ1) is 7.90. The Balaban J connectivity index is 3.07. The Morgan fingerprint density at radius 2 is 1.53 bits per heavy atom. The summed E-state index contributed by atoms with van der Waals surface area (Å²) in [6, 6.07) is 6.18. The fourth-order valence-electron chi connectivity index (χ4n) is 2.11. The van der Waals surface area contributed by atoms with E-state index in [0.717, 1.165) is 18.4 Å². The summed E-state index contributed by atoms with van der Waals surface area (Å²) < 4.78 is 0. The summed E-state index contributed by atoms with van der Waals surface area (Å²) in [6.07, 6.45) is 2.16. The summed E-state index contributed by atoms with van der Waals surface area (Å²) in [5, 5.41) is 0. The Morgan fingerprint density at radius 1 is 1.00 bits per heavy atom. The van der Waals surface area contributed by atoms with E-state index in [1.54, 1.807) is 6.92 Å². The van der Waals surface area contributed by atoms with Gasteiger partial charge in [0.15, 0.2) is 5.78 Å². The van der Waals surface area contributed by atoms with E-state index >= 15 is 0 Å². The van der Waals surface area contributed by atoms with E-state index in [1.807, 2.05) is 6.07 Å². The maximum atomic E-state index is 11.4. The van der Waals surface area contributed by atoms with E-state index in [1.165, 1.54) is 11.1 Å². The largest absolute Gasteiger partial charge is 0.295 e. The van der Waals surface area contributed by atoms with Gasteiger partial charge in [-0.1, -0.05) is 39.8 Å². The van der Waals surface area contributed by atoms with Crippen LogP contribution in [0.4, 0.5) is 0 Å². The summed E-state index contributed by atoms with van der Waals surface area (Å²) in [4.78, 5) is 11.4. The highest BCUT2D eigenvalue weighted by molar-refractivity contribution is 5.94. The zero-order valence-corrected chi connectivity index (χ0v) is 11.7. The second-order valence-electron chi connectivity index (χ2n) is 5.74. The Hall–Kier alpha value is -1.11. The van der Waals surface area contributed by atoms with Crippen molar-refractivity contribution >= 4 is 5.78 Å². The predicted molar refractivity (Wildman–Crippen MR) is 73.5 cm³/mol. The molecule has 0 aliphatic heterocycles. The molecule has 0 radical (unpaired) electrons. The topological polar surface area (TPSA) is 17.1 Å². The molecular formula is C16H24O. The van der Waals surface area contributed by atoms with Crippen molar-refractivity contribution in [2.75, 3.05) is 0 Å². The minimum Gasteiger partial charge on any atom is -0.295 e. The Morgan fingerprint density at radius 3 is 2.00 bits per heavy atom. The van der Waals surface area contributed by atoms with Crippen LogP contribution in [0.1, 0.15) is 56.1 Å². The zero-order valence-electron chi connectivity index (χ0n) is 11.7. The standard InChI is InChI=1S/C16H24O/c1-11(2)8-15-7-6-14(13(5)17)10-16(15)9-12(3)4/h6-7,10-12H,8-9H2,1-5H3. The molecule has 1 nitrogen and oxygen atoms in total. The quantitative estimate of drug-likeness (QED) is 0.692. The molecule has 0 saturated heterocycles. The minimum atomic E-state index is 0.158. The molecule has 0 spiro atoms. The molecule has 94 valence electrons. The van der Waals surface area contributed by atoms with Gasteiger partial charge in [0.25, 0.3) is 0 Å². The average molecular weight is 232 g/mol. The number of carbonyl (C=O) groups excluding carboxylic acids is 1. The first-order valence-electron chi connectivity index (χ1n) is 6.53. The van der Waals surface area contributed by atoms with Gasteiger partial charge in [-0.2, -0.15) is 0 Å². The maximum Gasteiger partial charge on any atom is 0.159 e. The highest BCUT2D eigenvalue weighted by Gasteiger charge is 2.09. The SMILES string of the molecule is CC(=O)c1ccc(CC(C)C)c(CC(C)C)c1. The molecule has 1 aromatic rings. The second-order valence-corrected chi connectivity index (χ2v) is 5.74. The van der Waals surface area contributed by atoms with Crippen molar-refractivity contribution in [2.45, 2.75) is 47.5 Å². The van der Waals surface area contributed by atoms with E-state index in [0.29, 0.717) is 11.8 Å². The molecule has 17 heavy (non-hydrogen) atoms. The summed E-state index contributed by atoms with van der Waals surface area (Å²) in [6.45, 7) is 10.5. The Kier molecular flexibility index (Phi) is 4.92. The molecule has 0 fully saturated rings. The maximum absolute atomic E-state index is 11.4. The molecule has 0 atom stereocenters. The van der Waals surface area contributed by atoms with Crippen LogP contribution in [0.25, 0.3) is 0 Å². The van der Waals surface area contributed by atoms with Gasteiger partial charge in [-0.05, 0) is 48.8 Å². The highest BCUT2D eigenvalue weighted by atomic mass is 16.1. The van der Waals surface area contributed by atoms with Gasteiger partial charge in [0.1, 0.15) is 0 Å². The van der Waals surface area contributed by atoms with Gasteiger partial charge in [0.2, 0.25) is 0 Å². The first kappa shape index (κ1) is 14.0. The molecule has 0 aromatic heterocycles. The molecule has 0 saturated carbocycles. The molecule has 0 aliphatic rings. The van der Waals surface area contributed by atoms with E-state index < -0.39 is 0 Å². The highest BCUT2D eigenvalue weighted by Crippen LogP contribution is 2.19. The number of carbonyl (C=O) groups is 1. The van der Waals surface area contributed by atoms with E-state index in [2.05, 4.69) is 39.8 Å². The van der Waals surface area contributed by atoms with Crippen LogP contribution < -0.4 is 0 Å². The van der Waals surface area contributed by atoms with Crippen molar-refractivity contribution in [2.24, 2.45) is 11.8 Å². The summed E-state index contributed by atoms with van der Waals surface area (Å²) in [5.41, 5.74) is 3.59. The fourth-order valence-corrected chi connectivity index (χ4v) is 2.11. The van der Waals surface area contributed by atoms with E-state index in [4.69, 9.17) is 0 Å². The van der Waals surface area contributed by atoms with Gasteiger partial charge in [-0.15, -0.1) is 0 Å². The van der Waals surface area contributed by atoms with Crippen LogP contribution in [0.3, 0.4) is 0 Å². The molecule has 0 aliphatic carbocycles. The summed E-state index contributed by atoms with van der Waals surface area (Å²) in [7, 11) is 0. The normalized spacial score (nSPS) is 11.2. The molecule has 0 heterocycles. The van der Waals surface area contributed by atoms with Crippen molar-refractivity contribution in [3.63, 3.8) is 0 Å². The van der Waals surface area contributed by atoms with Crippen LogP contribution in [-0.2, 0) is 12.8 Å². The van der Waals surface area contributed by atoms with Gasteiger partial charge in [-0.3, -0.25) is 4.79 Å². The average Bonchev–Trinajstić information content (AvgIpc) is 2.18. The lowest BCUT2D eigenvalue weighted by atomic mass is 9.91. The van der Waals surface area contributed by atoms with Gasteiger partial charge in [-0.25, -0.2) is 0 Å². The summed E-state index contributed by atoms with van der Waals surface area (Å²) in [5.74, 6) is 1.44. The van der Waals surface area contributed by atoms with E-state index in [9.17, 15) is 4.79 Å². The van der Waals surface area contributed by atoms with Crippen LogP contribution in [-0.4, -0.2) is 5.78 Å². The van der Waals surface area contributed by atoms with Gasteiger partial charge in [0.05, 0.1) is 0 Å². The number of Topliss-reactive ketones (excluding diaryl/α,β-unsaturated/α-hetero) is 1. The molecule has 0 bridgehead atoms. The number of hydrogen-bond donors (Lipinski definition) is 0. The molecule has 1 aromatic carbocycles. The second kappa shape index (κ2) is 6.00. The van der Waals surface area contributed by atoms with Gasteiger partial charge < -0.3 is 0 Å². The van der Waals surface area contributed by atoms with Crippen molar-refractivity contribution < 1.29 is 4.79 Å². The van der Waals surface area contributed by atoms with Crippen LogP contribution in [0, 0.1) is 11.8 Å². The van der Waals surface area contributed by atoms with Crippen LogP contribution in [0.2, 0.25) is 0 Å². The van der Waals surface area contributed by atoms with Gasteiger partial charge >= 0.3 is 0 Å². The monoisotopic (exact) mass is 232 g/mol. The molecule has 1 heteroatoms. The number of ketones is 1. The Labute approximate surface area is 105 Å². The van der Waals surface area contributed by atoms with Crippen molar-refractivity contribution in [3.8, 4) is 0 Å². The minimum absolute atomic E-state index is 0.158. The number of rotatable bonds is 5. The third-order valence-corrected chi connectivity index (χ3v) is 2.87. The first-order valence-corrected chi connectivity index (χ1v) is 6.53. The molecule has 0 unspecified atom stereocenters. The predicted octanol–water partition coefficient (Wildman–Crippen LogP) is 4.29. The smallest absolute Gasteiger partial charge is 0.159 e. The van der Waals surface area contributed by atoms with Crippen LogP contribution in [0.15, 0.2) is 18.2 Å². The lowest BCUT2D eigenvalue weighted by Gasteiger charge is -2.14. The molecule has 0 amide bonds. The van der Waals surface area contributed by atoms with Crippen molar-refractivity contribution in [1.29, 1.82) is 0 Å². The molecular weight excluding hydrogens is 208 g/mol. The van der Waals surface area contributed by atoms with Gasteiger partial charge in [0, 0.05) is 5.56 Å². The van der Waals surface area contributed by atoms with Crippen molar-refractivity contribution in [1.82, 2.24) is 0 Å². The number of hydrogen-bond acceptors (Lipinski definition) is 1. The van der Waals surface area contributed by atoms with Crippen LogP contribution in [0.5, 0.6) is 0 Å². The van der Waals surface area contributed by atoms with Crippen molar-refractivity contribution in [3.05, 3.63) is 34.9 Å². The molecule has 1 rings (SSSR count). The summed E-state index contributed by atoms with van der Waals surface area (Å²) >= 11 is 0. The number of benzene rings is 1. The third kappa shape index (κ3) is 4.33. The third-order valence-electron chi connectivity index (χ3n) is 2.87.